The smallest absolute Gasteiger partial charge is 0.232 e. The maximum absolute atomic E-state index is 12.5. The van der Waals surface area contributed by atoms with E-state index < -0.39 is 0 Å². The third-order valence-electron chi connectivity index (χ3n) is 4.83. The zero-order valence-electron chi connectivity index (χ0n) is 15.8. The van der Waals surface area contributed by atoms with Gasteiger partial charge < -0.3 is 14.5 Å². The van der Waals surface area contributed by atoms with E-state index in [0.717, 1.165) is 53.0 Å². The van der Waals surface area contributed by atoms with Crippen molar-refractivity contribution < 1.29 is 9.53 Å². The van der Waals surface area contributed by atoms with E-state index in [1.165, 1.54) is 5.56 Å². The topological polar surface area (TPSA) is 45.7 Å². The van der Waals surface area contributed by atoms with Crippen molar-refractivity contribution in [1.29, 1.82) is 0 Å². The predicted molar refractivity (Wildman–Crippen MR) is 118 cm³/mol. The van der Waals surface area contributed by atoms with Crippen LogP contribution in [0.2, 0.25) is 0 Å². The van der Waals surface area contributed by atoms with E-state index in [1.807, 2.05) is 35.2 Å². The number of para-hydroxylation sites is 1. The summed E-state index contributed by atoms with van der Waals surface area (Å²) in [6.45, 7) is 3.13. The molecular formula is C21H23N3O2S2. The third kappa shape index (κ3) is 4.25. The SMILES string of the molecule is COc1cccc2sc(N3CCN(C(=O)CSCc4ccccc4)CC3)nc12. The molecule has 3 aromatic rings. The van der Waals surface area contributed by atoms with Gasteiger partial charge in [-0.05, 0) is 17.7 Å². The highest BCUT2D eigenvalue weighted by Gasteiger charge is 2.23. The monoisotopic (exact) mass is 413 g/mol. The molecule has 1 aliphatic rings. The number of benzene rings is 2. The number of hydrogen-bond donors (Lipinski definition) is 0. The van der Waals surface area contributed by atoms with Crippen LogP contribution in [0.1, 0.15) is 5.56 Å². The quantitative estimate of drug-likeness (QED) is 0.614. The number of carbonyl (C=O) groups excluding carboxylic acids is 1. The molecule has 5 nitrogen and oxygen atoms in total. The zero-order chi connectivity index (χ0) is 19.3. The molecule has 0 saturated carbocycles. The first-order valence-electron chi connectivity index (χ1n) is 9.32. The number of fused-ring (bicyclic) bond motifs is 1. The number of piperazine rings is 1. The number of hydrogen-bond acceptors (Lipinski definition) is 6. The van der Waals surface area contributed by atoms with E-state index in [9.17, 15) is 4.79 Å². The Morgan fingerprint density at radius 2 is 1.89 bits per heavy atom. The van der Waals surface area contributed by atoms with Crippen LogP contribution >= 0.6 is 23.1 Å². The number of anilines is 1. The van der Waals surface area contributed by atoms with Gasteiger partial charge in [0.15, 0.2) is 5.13 Å². The second-order valence-electron chi connectivity index (χ2n) is 6.65. The van der Waals surface area contributed by atoms with E-state index >= 15 is 0 Å². The van der Waals surface area contributed by atoms with Crippen molar-refractivity contribution in [3.8, 4) is 5.75 Å². The Labute approximate surface area is 173 Å². The molecule has 0 aliphatic carbocycles. The molecular weight excluding hydrogens is 390 g/mol. The lowest BCUT2D eigenvalue weighted by atomic mass is 10.2. The second kappa shape index (κ2) is 8.84. The Morgan fingerprint density at radius 1 is 1.11 bits per heavy atom. The summed E-state index contributed by atoms with van der Waals surface area (Å²) in [5.74, 6) is 2.45. The number of nitrogens with zero attached hydrogens (tertiary/aromatic N) is 3. The number of thiazole rings is 1. The Hall–Kier alpha value is -2.25. The summed E-state index contributed by atoms with van der Waals surface area (Å²) in [4.78, 5) is 21.5. The van der Waals surface area contributed by atoms with Crippen molar-refractivity contribution >= 4 is 44.4 Å². The Morgan fingerprint density at radius 3 is 2.64 bits per heavy atom. The molecule has 1 fully saturated rings. The fraction of sp³-hybridized carbons (Fsp3) is 0.333. The average Bonchev–Trinajstić information content (AvgIpc) is 3.19. The van der Waals surface area contributed by atoms with Gasteiger partial charge in [0.2, 0.25) is 5.91 Å². The van der Waals surface area contributed by atoms with Gasteiger partial charge in [-0.25, -0.2) is 4.98 Å². The van der Waals surface area contributed by atoms with Crippen LogP contribution in [0, 0.1) is 0 Å². The van der Waals surface area contributed by atoms with Crippen LogP contribution in [0.4, 0.5) is 5.13 Å². The van der Waals surface area contributed by atoms with Crippen molar-refractivity contribution in [3.05, 3.63) is 54.1 Å². The maximum Gasteiger partial charge on any atom is 0.232 e. The van der Waals surface area contributed by atoms with Gasteiger partial charge in [0.1, 0.15) is 11.3 Å². The summed E-state index contributed by atoms with van der Waals surface area (Å²) >= 11 is 3.37. The van der Waals surface area contributed by atoms with Crippen LogP contribution in [0.25, 0.3) is 10.2 Å². The van der Waals surface area contributed by atoms with E-state index in [4.69, 9.17) is 9.72 Å². The molecule has 1 aromatic heterocycles. The number of rotatable bonds is 6. The number of ether oxygens (including phenoxy) is 1. The molecule has 0 unspecified atom stereocenters. The molecule has 0 N–H and O–H groups in total. The Kier molecular flexibility index (Phi) is 6.02. The summed E-state index contributed by atoms with van der Waals surface area (Å²) in [6, 6.07) is 16.3. The highest BCUT2D eigenvalue weighted by Crippen LogP contribution is 2.34. The Bertz CT molecular complexity index is 937. The van der Waals surface area contributed by atoms with Crippen LogP contribution in [-0.4, -0.2) is 54.8 Å². The number of amides is 1. The largest absolute Gasteiger partial charge is 0.494 e. The average molecular weight is 414 g/mol. The first-order valence-corrected chi connectivity index (χ1v) is 11.3. The minimum Gasteiger partial charge on any atom is -0.494 e. The van der Waals surface area contributed by atoms with Crippen molar-refractivity contribution in [2.75, 3.05) is 43.9 Å². The van der Waals surface area contributed by atoms with Gasteiger partial charge in [0, 0.05) is 31.9 Å². The van der Waals surface area contributed by atoms with E-state index in [-0.39, 0.29) is 5.91 Å². The predicted octanol–water partition coefficient (Wildman–Crippen LogP) is 3.89. The highest BCUT2D eigenvalue weighted by atomic mass is 32.2. The number of aromatic nitrogens is 1. The summed E-state index contributed by atoms with van der Waals surface area (Å²) in [5, 5.41) is 1.00. The van der Waals surface area contributed by atoms with Gasteiger partial charge in [-0.2, -0.15) is 0 Å². The van der Waals surface area contributed by atoms with Gasteiger partial charge in [0.25, 0.3) is 0 Å². The van der Waals surface area contributed by atoms with Crippen LogP contribution in [0.15, 0.2) is 48.5 Å². The van der Waals surface area contributed by atoms with Crippen LogP contribution in [0.3, 0.4) is 0 Å². The molecule has 1 saturated heterocycles. The first-order chi connectivity index (χ1) is 13.7. The molecule has 2 aromatic carbocycles. The molecule has 28 heavy (non-hydrogen) atoms. The van der Waals surface area contributed by atoms with Gasteiger partial charge in [-0.15, -0.1) is 11.8 Å². The second-order valence-corrected chi connectivity index (χ2v) is 8.64. The molecule has 0 spiro atoms. The lowest BCUT2D eigenvalue weighted by molar-refractivity contribution is -0.128. The van der Waals surface area contributed by atoms with E-state index in [2.05, 4.69) is 23.1 Å². The van der Waals surface area contributed by atoms with Crippen molar-refractivity contribution in [1.82, 2.24) is 9.88 Å². The zero-order valence-corrected chi connectivity index (χ0v) is 17.5. The normalized spacial score (nSPS) is 14.5. The van der Waals surface area contributed by atoms with Crippen LogP contribution in [-0.2, 0) is 10.5 Å². The molecule has 0 radical (unpaired) electrons. The molecule has 0 atom stereocenters. The van der Waals surface area contributed by atoms with Gasteiger partial charge in [0.05, 0.1) is 17.6 Å². The number of carbonyl (C=O) groups is 1. The summed E-state index contributed by atoms with van der Waals surface area (Å²) < 4.78 is 6.55. The summed E-state index contributed by atoms with van der Waals surface area (Å²) in [6.07, 6.45) is 0. The van der Waals surface area contributed by atoms with Crippen LogP contribution < -0.4 is 9.64 Å². The van der Waals surface area contributed by atoms with E-state index in [1.54, 1.807) is 30.2 Å². The third-order valence-corrected chi connectivity index (χ3v) is 6.90. The van der Waals surface area contributed by atoms with Gasteiger partial charge in [-0.1, -0.05) is 47.7 Å². The highest BCUT2D eigenvalue weighted by molar-refractivity contribution is 7.99. The standard InChI is InChI=1S/C21H23N3O2S2/c1-26-17-8-5-9-18-20(17)22-21(28-18)24-12-10-23(11-13-24)19(25)15-27-14-16-6-3-2-4-7-16/h2-9H,10-15H2,1H3. The lowest BCUT2D eigenvalue weighted by Crippen LogP contribution is -2.49. The van der Waals surface area contributed by atoms with Crippen LogP contribution in [0.5, 0.6) is 5.75 Å². The summed E-state index contributed by atoms with van der Waals surface area (Å²) in [5.41, 5.74) is 2.18. The maximum atomic E-state index is 12.5. The van der Waals surface area contributed by atoms with Crippen molar-refractivity contribution in [3.63, 3.8) is 0 Å². The Balaban J connectivity index is 1.30. The molecule has 146 valence electrons. The fourth-order valence-electron chi connectivity index (χ4n) is 3.28. The molecule has 1 amide bonds. The molecule has 1 aliphatic heterocycles. The lowest BCUT2D eigenvalue weighted by Gasteiger charge is -2.34. The van der Waals surface area contributed by atoms with Gasteiger partial charge in [-0.3, -0.25) is 4.79 Å². The van der Waals surface area contributed by atoms with Gasteiger partial charge >= 0.3 is 0 Å². The molecule has 2 heterocycles. The van der Waals surface area contributed by atoms with E-state index in [0.29, 0.717) is 5.75 Å². The minimum absolute atomic E-state index is 0.228. The fourth-order valence-corrected chi connectivity index (χ4v) is 5.20. The van der Waals surface area contributed by atoms with Crippen molar-refractivity contribution in [2.45, 2.75) is 5.75 Å². The summed E-state index contributed by atoms with van der Waals surface area (Å²) in [7, 11) is 1.67. The number of thioether (sulfide) groups is 1. The van der Waals surface area contributed by atoms with Crippen molar-refractivity contribution in [2.24, 2.45) is 0 Å². The molecule has 0 bridgehead atoms. The molecule has 7 heteroatoms. The minimum atomic E-state index is 0.228. The first kappa shape index (κ1) is 19.1. The molecule has 4 rings (SSSR count). The number of methoxy groups -OCH3 is 1.